The number of nitrogens with zero attached hydrogens (tertiary/aromatic N) is 1. The minimum atomic E-state index is -0.497. The number of carbonyl (C=O) groups excluding carboxylic acids is 2. The van der Waals surface area contributed by atoms with Crippen molar-refractivity contribution in [1.29, 1.82) is 0 Å². The third kappa shape index (κ3) is 2.13. The molecule has 1 N–H and O–H groups in total. The zero-order valence-corrected chi connectivity index (χ0v) is 11.5. The minimum Gasteiger partial charge on any atom is -0.444 e. The standard InChI is InChI=1S/C13H20N2O4/c1-13(2,3)19-12(17)15-7-4-5-8(15)10-9(6-7)18-11(16)14-10/h7-10H,4-6H2,1-3H3,(H,14,16). The van der Waals surface area contributed by atoms with Crippen molar-refractivity contribution >= 4 is 12.2 Å². The van der Waals surface area contributed by atoms with Crippen LogP contribution >= 0.6 is 0 Å². The van der Waals surface area contributed by atoms with Crippen LogP contribution in [0.2, 0.25) is 0 Å². The summed E-state index contributed by atoms with van der Waals surface area (Å²) in [6.07, 6.45) is 1.82. The highest BCUT2D eigenvalue weighted by Crippen LogP contribution is 2.39. The van der Waals surface area contributed by atoms with Crippen molar-refractivity contribution in [2.75, 3.05) is 0 Å². The summed E-state index contributed by atoms with van der Waals surface area (Å²) in [6.45, 7) is 5.58. The van der Waals surface area contributed by atoms with E-state index in [4.69, 9.17) is 9.47 Å². The Morgan fingerprint density at radius 3 is 2.84 bits per heavy atom. The second kappa shape index (κ2) is 4.02. The zero-order chi connectivity index (χ0) is 13.8. The fourth-order valence-electron chi connectivity index (χ4n) is 3.38. The van der Waals surface area contributed by atoms with E-state index >= 15 is 0 Å². The molecule has 106 valence electrons. The van der Waals surface area contributed by atoms with Crippen molar-refractivity contribution in [2.24, 2.45) is 0 Å². The first kappa shape index (κ1) is 12.6. The summed E-state index contributed by atoms with van der Waals surface area (Å²) in [4.78, 5) is 25.4. The van der Waals surface area contributed by atoms with Crippen molar-refractivity contribution in [2.45, 2.75) is 69.9 Å². The third-order valence-electron chi connectivity index (χ3n) is 4.01. The first-order chi connectivity index (χ1) is 8.85. The number of ether oxygens (including phenoxy) is 2. The SMILES string of the molecule is CC(C)(C)OC(=O)N1C2CCC1C1NC(=O)OC1C2. The number of alkyl carbamates (subject to hydrolysis) is 1. The smallest absolute Gasteiger partial charge is 0.410 e. The molecule has 4 atom stereocenters. The highest BCUT2D eigenvalue weighted by molar-refractivity contribution is 5.73. The monoisotopic (exact) mass is 268 g/mol. The summed E-state index contributed by atoms with van der Waals surface area (Å²) in [5.74, 6) is 0. The molecule has 0 aromatic heterocycles. The number of hydrogen-bond donors (Lipinski definition) is 1. The Bertz CT molecular complexity index is 417. The number of fused-ring (bicyclic) bond motifs is 4. The Kier molecular flexibility index (Phi) is 2.66. The molecule has 2 bridgehead atoms. The van der Waals surface area contributed by atoms with Crippen LogP contribution in [0, 0.1) is 0 Å². The van der Waals surface area contributed by atoms with Gasteiger partial charge >= 0.3 is 12.2 Å². The van der Waals surface area contributed by atoms with E-state index in [-0.39, 0.29) is 36.4 Å². The molecule has 3 aliphatic heterocycles. The van der Waals surface area contributed by atoms with E-state index in [1.807, 2.05) is 20.8 Å². The molecule has 0 aromatic rings. The van der Waals surface area contributed by atoms with E-state index < -0.39 is 5.60 Å². The van der Waals surface area contributed by atoms with Gasteiger partial charge in [0.25, 0.3) is 0 Å². The zero-order valence-electron chi connectivity index (χ0n) is 11.5. The van der Waals surface area contributed by atoms with Crippen molar-refractivity contribution in [3.63, 3.8) is 0 Å². The number of nitrogens with one attached hydrogen (secondary N) is 1. The van der Waals surface area contributed by atoms with Gasteiger partial charge in [0.1, 0.15) is 11.7 Å². The van der Waals surface area contributed by atoms with E-state index in [9.17, 15) is 9.59 Å². The molecular weight excluding hydrogens is 248 g/mol. The quantitative estimate of drug-likeness (QED) is 0.725. The third-order valence-corrected chi connectivity index (χ3v) is 4.01. The molecule has 0 spiro atoms. The van der Waals surface area contributed by atoms with Gasteiger partial charge in [-0.15, -0.1) is 0 Å². The fourth-order valence-corrected chi connectivity index (χ4v) is 3.38. The molecule has 3 rings (SSSR count). The molecule has 6 nitrogen and oxygen atoms in total. The maximum absolute atomic E-state index is 12.3. The Morgan fingerprint density at radius 1 is 1.42 bits per heavy atom. The van der Waals surface area contributed by atoms with Crippen molar-refractivity contribution in [3.8, 4) is 0 Å². The lowest BCUT2D eigenvalue weighted by molar-refractivity contribution is -0.0104. The molecule has 19 heavy (non-hydrogen) atoms. The van der Waals surface area contributed by atoms with Crippen LogP contribution in [0.5, 0.6) is 0 Å². The number of hydrogen-bond acceptors (Lipinski definition) is 4. The van der Waals surface area contributed by atoms with Gasteiger partial charge in [-0.1, -0.05) is 0 Å². The molecular formula is C13H20N2O4. The Balaban J connectivity index is 1.77. The lowest BCUT2D eigenvalue weighted by Gasteiger charge is -2.40. The van der Waals surface area contributed by atoms with Crippen LogP contribution in [-0.4, -0.2) is 46.9 Å². The van der Waals surface area contributed by atoms with E-state index in [0.717, 1.165) is 12.8 Å². The predicted molar refractivity (Wildman–Crippen MR) is 66.7 cm³/mol. The molecule has 6 heteroatoms. The van der Waals surface area contributed by atoms with Crippen LogP contribution in [0.4, 0.5) is 9.59 Å². The van der Waals surface area contributed by atoms with Gasteiger partial charge < -0.3 is 14.8 Å². The molecule has 2 amide bonds. The number of rotatable bonds is 0. The van der Waals surface area contributed by atoms with E-state index in [1.165, 1.54) is 0 Å². The topological polar surface area (TPSA) is 67.9 Å². The lowest BCUT2D eigenvalue weighted by Crippen LogP contribution is -2.58. The summed E-state index contributed by atoms with van der Waals surface area (Å²) >= 11 is 0. The minimum absolute atomic E-state index is 0.00468. The van der Waals surface area contributed by atoms with Crippen LogP contribution in [0.15, 0.2) is 0 Å². The molecule has 0 radical (unpaired) electrons. The van der Waals surface area contributed by atoms with E-state index in [1.54, 1.807) is 4.90 Å². The molecule has 3 fully saturated rings. The molecule has 0 aromatic carbocycles. The van der Waals surface area contributed by atoms with Crippen molar-refractivity contribution in [3.05, 3.63) is 0 Å². The average Bonchev–Trinajstić information content (AvgIpc) is 2.77. The van der Waals surface area contributed by atoms with Crippen molar-refractivity contribution in [1.82, 2.24) is 10.2 Å². The average molecular weight is 268 g/mol. The molecule has 4 unspecified atom stereocenters. The van der Waals surface area contributed by atoms with Gasteiger partial charge in [0.2, 0.25) is 0 Å². The van der Waals surface area contributed by atoms with Gasteiger partial charge in [-0.2, -0.15) is 0 Å². The maximum atomic E-state index is 12.3. The maximum Gasteiger partial charge on any atom is 0.410 e. The van der Waals surface area contributed by atoms with Crippen LogP contribution < -0.4 is 5.32 Å². The molecule has 0 saturated carbocycles. The summed E-state index contributed by atoms with van der Waals surface area (Å²) < 4.78 is 10.7. The number of amides is 2. The summed E-state index contributed by atoms with van der Waals surface area (Å²) in [5.41, 5.74) is -0.497. The van der Waals surface area contributed by atoms with Gasteiger partial charge in [-0.3, -0.25) is 4.90 Å². The lowest BCUT2D eigenvalue weighted by atomic mass is 9.95. The van der Waals surface area contributed by atoms with Gasteiger partial charge in [0.05, 0.1) is 12.1 Å². The second-order valence-corrected chi connectivity index (χ2v) is 6.54. The van der Waals surface area contributed by atoms with Crippen molar-refractivity contribution < 1.29 is 19.1 Å². The summed E-state index contributed by atoms with van der Waals surface area (Å²) in [7, 11) is 0. The Hall–Kier alpha value is -1.46. The van der Waals surface area contributed by atoms with E-state index in [0.29, 0.717) is 6.42 Å². The highest BCUT2D eigenvalue weighted by atomic mass is 16.6. The molecule has 3 aliphatic rings. The Labute approximate surface area is 112 Å². The summed E-state index contributed by atoms with van der Waals surface area (Å²) in [5, 5.41) is 2.82. The number of carbonyl (C=O) groups is 2. The largest absolute Gasteiger partial charge is 0.444 e. The molecule has 3 saturated heterocycles. The summed E-state index contributed by atoms with van der Waals surface area (Å²) in [6, 6.07) is 0.0534. The Morgan fingerprint density at radius 2 is 2.16 bits per heavy atom. The van der Waals surface area contributed by atoms with Gasteiger partial charge in [-0.05, 0) is 33.6 Å². The second-order valence-electron chi connectivity index (χ2n) is 6.54. The number of piperidine rings is 1. The molecule has 3 heterocycles. The first-order valence-electron chi connectivity index (χ1n) is 6.83. The van der Waals surface area contributed by atoms with Crippen LogP contribution in [0.3, 0.4) is 0 Å². The van der Waals surface area contributed by atoms with Crippen LogP contribution in [0.1, 0.15) is 40.0 Å². The van der Waals surface area contributed by atoms with Crippen LogP contribution in [0.25, 0.3) is 0 Å². The van der Waals surface area contributed by atoms with E-state index in [2.05, 4.69) is 5.32 Å². The predicted octanol–water partition coefficient (Wildman–Crippen LogP) is 1.64. The first-order valence-corrected chi connectivity index (χ1v) is 6.83. The van der Waals surface area contributed by atoms with Crippen LogP contribution in [-0.2, 0) is 9.47 Å². The molecule has 0 aliphatic carbocycles. The normalized spacial score (nSPS) is 36.6. The van der Waals surface area contributed by atoms with Gasteiger partial charge in [-0.25, -0.2) is 9.59 Å². The van der Waals surface area contributed by atoms with Gasteiger partial charge in [0, 0.05) is 12.5 Å². The fraction of sp³-hybridized carbons (Fsp3) is 0.846. The van der Waals surface area contributed by atoms with Gasteiger partial charge in [0.15, 0.2) is 0 Å². The highest BCUT2D eigenvalue weighted by Gasteiger charge is 2.54.